The van der Waals surface area contributed by atoms with Crippen molar-refractivity contribution in [2.75, 3.05) is 38.2 Å². The highest BCUT2D eigenvalue weighted by atomic mass is 35.5. The molecule has 0 spiro atoms. The van der Waals surface area contributed by atoms with Gasteiger partial charge < -0.3 is 14.5 Å². The van der Waals surface area contributed by atoms with E-state index in [1.807, 2.05) is 0 Å². The summed E-state index contributed by atoms with van der Waals surface area (Å²) in [6.07, 6.45) is 3.33. The number of ether oxygens (including phenoxy) is 1. The molecule has 0 aromatic carbocycles. The first-order chi connectivity index (χ1) is 15.7. The van der Waals surface area contributed by atoms with E-state index in [-0.39, 0.29) is 51.1 Å². The first-order valence-corrected chi connectivity index (χ1v) is 11.9. The molecule has 12 nitrogen and oxygen atoms in total. The molecule has 0 bridgehead atoms. The average Bonchev–Trinajstić information content (AvgIpc) is 3.12. The van der Waals surface area contributed by atoms with Crippen molar-refractivity contribution in [3.05, 3.63) is 46.3 Å². The first kappa shape index (κ1) is 25.8. The maximum Gasteiger partial charge on any atom is 0.265 e. The molecular weight excluding hydrogens is 488 g/mol. The van der Waals surface area contributed by atoms with Crippen LogP contribution in [-0.2, 0) is 21.3 Å². The van der Waals surface area contributed by atoms with Gasteiger partial charge in [-0.1, -0.05) is 0 Å². The van der Waals surface area contributed by atoms with Crippen LogP contribution in [0.1, 0.15) is 22.5 Å². The number of hydrogen-bond acceptors (Lipinski definition) is 9. The van der Waals surface area contributed by atoms with Crippen molar-refractivity contribution in [2.45, 2.75) is 24.9 Å². The number of amides is 1. The second kappa shape index (κ2) is 10.6. The van der Waals surface area contributed by atoms with Gasteiger partial charge in [-0.3, -0.25) is 19.1 Å². The number of pyridine rings is 1. The second-order valence-electron chi connectivity index (χ2n) is 7.65. The van der Waals surface area contributed by atoms with E-state index in [1.165, 1.54) is 23.0 Å². The standard InChI is InChI=1S/C20H24N6O6S.ClH/c1-13-16(18(27)24-14-3-4-15(22-11-14)33(21,29)30)17-19(32-13)23-12-26(20(17)28)6-2-5-25-7-9-31-10-8-25;/h3-4,11-12H,2,5-10H2,1H3,(H,24,27)(H2,21,29,30);1H. The van der Waals surface area contributed by atoms with Gasteiger partial charge in [-0.2, -0.15) is 0 Å². The van der Waals surface area contributed by atoms with Gasteiger partial charge in [0.15, 0.2) is 5.03 Å². The fraction of sp³-hybridized carbons (Fsp3) is 0.400. The number of fused-ring (bicyclic) bond motifs is 1. The van der Waals surface area contributed by atoms with Crippen molar-refractivity contribution in [1.82, 2.24) is 19.4 Å². The molecule has 3 N–H and O–H groups in total. The molecule has 1 aliphatic rings. The first-order valence-electron chi connectivity index (χ1n) is 10.3. The summed E-state index contributed by atoms with van der Waals surface area (Å²) in [5.74, 6) is -0.353. The number of halogens is 1. The number of carbonyl (C=O) groups excluding carboxylic acids is 1. The number of furan rings is 1. The van der Waals surface area contributed by atoms with E-state index in [1.54, 1.807) is 6.92 Å². The van der Waals surface area contributed by atoms with Crippen LogP contribution < -0.4 is 16.0 Å². The van der Waals surface area contributed by atoms with Crippen molar-refractivity contribution in [3.63, 3.8) is 0 Å². The molecule has 14 heteroatoms. The number of nitrogens with two attached hydrogens (primary N) is 1. The molecule has 4 heterocycles. The molecule has 0 saturated carbocycles. The topological polar surface area (TPSA) is 163 Å². The lowest BCUT2D eigenvalue weighted by Gasteiger charge is -2.26. The number of sulfonamides is 1. The number of carbonyl (C=O) groups is 1. The van der Waals surface area contributed by atoms with Crippen LogP contribution in [0.4, 0.5) is 5.69 Å². The molecule has 184 valence electrons. The van der Waals surface area contributed by atoms with Gasteiger partial charge in [0.1, 0.15) is 17.5 Å². The van der Waals surface area contributed by atoms with Crippen molar-refractivity contribution in [2.24, 2.45) is 5.14 Å². The zero-order valence-corrected chi connectivity index (χ0v) is 20.0. The minimum atomic E-state index is -3.95. The zero-order chi connectivity index (χ0) is 23.6. The molecule has 1 saturated heterocycles. The highest BCUT2D eigenvalue weighted by molar-refractivity contribution is 7.89. The molecule has 3 aromatic rings. The quantitative estimate of drug-likeness (QED) is 0.464. The summed E-state index contributed by atoms with van der Waals surface area (Å²) >= 11 is 0. The van der Waals surface area contributed by atoms with E-state index < -0.39 is 15.9 Å². The van der Waals surface area contributed by atoms with Gasteiger partial charge in [0.25, 0.3) is 21.5 Å². The van der Waals surface area contributed by atoms with E-state index >= 15 is 0 Å². The summed E-state index contributed by atoms with van der Waals surface area (Å²) in [5, 5.41) is 7.40. The van der Waals surface area contributed by atoms with Gasteiger partial charge in [0, 0.05) is 26.2 Å². The van der Waals surface area contributed by atoms with E-state index in [9.17, 15) is 18.0 Å². The van der Waals surface area contributed by atoms with Crippen LogP contribution in [0.5, 0.6) is 0 Å². The molecule has 34 heavy (non-hydrogen) atoms. The maximum atomic E-state index is 13.1. The van der Waals surface area contributed by atoms with Crippen LogP contribution in [0.25, 0.3) is 11.1 Å². The molecule has 0 unspecified atom stereocenters. The predicted molar refractivity (Wildman–Crippen MR) is 126 cm³/mol. The van der Waals surface area contributed by atoms with Gasteiger partial charge in [-0.05, 0) is 25.5 Å². The third kappa shape index (κ3) is 5.62. The molecule has 1 fully saturated rings. The van der Waals surface area contributed by atoms with Gasteiger partial charge >= 0.3 is 0 Å². The monoisotopic (exact) mass is 512 g/mol. The van der Waals surface area contributed by atoms with Crippen molar-refractivity contribution >= 4 is 45.1 Å². The number of nitrogens with one attached hydrogen (secondary N) is 1. The largest absolute Gasteiger partial charge is 0.442 e. The third-order valence-electron chi connectivity index (χ3n) is 5.34. The Morgan fingerprint density at radius 2 is 1.94 bits per heavy atom. The van der Waals surface area contributed by atoms with Crippen LogP contribution >= 0.6 is 12.4 Å². The number of primary sulfonamides is 1. The normalized spacial score (nSPS) is 14.6. The second-order valence-corrected chi connectivity index (χ2v) is 9.16. The van der Waals surface area contributed by atoms with Crippen molar-refractivity contribution in [1.29, 1.82) is 0 Å². The van der Waals surface area contributed by atoms with Crippen molar-refractivity contribution in [3.8, 4) is 0 Å². The minimum absolute atomic E-state index is 0. The molecule has 1 aliphatic heterocycles. The SMILES string of the molecule is Cc1oc2ncn(CCCN3CCOCC3)c(=O)c2c1C(=O)Nc1ccc(S(N)(=O)=O)nc1.Cl. The van der Waals surface area contributed by atoms with E-state index in [4.69, 9.17) is 14.3 Å². The van der Waals surface area contributed by atoms with Gasteiger partial charge in [0.2, 0.25) is 5.71 Å². The third-order valence-corrected chi connectivity index (χ3v) is 6.17. The Morgan fingerprint density at radius 3 is 2.59 bits per heavy atom. The fourth-order valence-corrected chi connectivity index (χ4v) is 4.13. The number of aromatic nitrogens is 3. The summed E-state index contributed by atoms with van der Waals surface area (Å²) in [6, 6.07) is 2.53. The molecule has 0 aliphatic carbocycles. The molecule has 1 amide bonds. The van der Waals surface area contributed by atoms with Gasteiger partial charge in [-0.15, -0.1) is 12.4 Å². The number of aryl methyl sites for hydroxylation is 2. The lowest BCUT2D eigenvalue weighted by Crippen LogP contribution is -2.37. The van der Waals surface area contributed by atoms with Crippen LogP contribution in [0.15, 0.2) is 38.9 Å². The summed E-state index contributed by atoms with van der Waals surface area (Å²) < 4.78 is 35.0. The lowest BCUT2D eigenvalue weighted by molar-refractivity contribution is 0.0369. The van der Waals surface area contributed by atoms with E-state index in [0.717, 1.165) is 32.3 Å². The number of nitrogens with zero attached hydrogens (tertiary/aromatic N) is 4. The predicted octanol–water partition coefficient (Wildman–Crippen LogP) is 0.737. The lowest BCUT2D eigenvalue weighted by atomic mass is 10.1. The Labute approximate surface area is 201 Å². The highest BCUT2D eigenvalue weighted by Gasteiger charge is 2.23. The van der Waals surface area contributed by atoms with Gasteiger partial charge in [0.05, 0.1) is 30.7 Å². The molecule has 0 atom stereocenters. The smallest absolute Gasteiger partial charge is 0.265 e. The average molecular weight is 513 g/mol. The highest BCUT2D eigenvalue weighted by Crippen LogP contribution is 2.22. The molecule has 0 radical (unpaired) electrons. The minimum Gasteiger partial charge on any atom is -0.442 e. The van der Waals surface area contributed by atoms with Crippen LogP contribution in [-0.4, -0.2) is 66.6 Å². The Kier molecular flexibility index (Phi) is 8.05. The summed E-state index contributed by atoms with van der Waals surface area (Å²) in [7, 11) is -3.95. The number of anilines is 1. The Morgan fingerprint density at radius 1 is 1.21 bits per heavy atom. The Bertz CT molecular complexity index is 1330. The molecule has 4 rings (SSSR count). The molecular formula is C20H25ClN6O6S. The molecule has 3 aromatic heterocycles. The number of morpholine rings is 1. The summed E-state index contributed by atoms with van der Waals surface area (Å²) in [5.41, 5.74) is 0.0119. The maximum absolute atomic E-state index is 13.1. The van der Waals surface area contributed by atoms with Crippen LogP contribution in [0.3, 0.4) is 0 Å². The van der Waals surface area contributed by atoms with Crippen molar-refractivity contribution < 1.29 is 22.4 Å². The van der Waals surface area contributed by atoms with E-state index in [0.29, 0.717) is 19.8 Å². The summed E-state index contributed by atoms with van der Waals surface area (Å²) in [4.78, 5) is 36.3. The van der Waals surface area contributed by atoms with Crippen LogP contribution in [0, 0.1) is 6.92 Å². The number of rotatable bonds is 7. The van der Waals surface area contributed by atoms with Crippen LogP contribution in [0.2, 0.25) is 0 Å². The zero-order valence-electron chi connectivity index (χ0n) is 18.4. The number of hydrogen-bond donors (Lipinski definition) is 2. The fourth-order valence-electron chi connectivity index (χ4n) is 3.68. The van der Waals surface area contributed by atoms with E-state index in [2.05, 4.69) is 20.2 Å². The Hall–Kier alpha value is -2.84. The van der Waals surface area contributed by atoms with Gasteiger partial charge in [-0.25, -0.2) is 23.5 Å². The summed E-state index contributed by atoms with van der Waals surface area (Å²) in [6.45, 7) is 5.99. The Balaban J connectivity index is 0.00000324.